The van der Waals surface area contributed by atoms with Gasteiger partial charge in [0.25, 0.3) is 11.1 Å². The molecule has 0 saturated carbocycles. The summed E-state index contributed by atoms with van der Waals surface area (Å²) in [4.78, 5) is 27.1. The molecule has 0 unspecified atom stereocenters. The number of carbonyl (C=O) groups excluding carboxylic acids is 2. The topological polar surface area (TPSA) is 91.6 Å². The van der Waals surface area contributed by atoms with Gasteiger partial charge in [0, 0.05) is 10.9 Å². The molecule has 8 heteroatoms. The van der Waals surface area contributed by atoms with E-state index >= 15 is 0 Å². The second-order valence-corrected chi connectivity index (χ2v) is 10.8. The van der Waals surface area contributed by atoms with Crippen LogP contribution in [0.5, 0.6) is 11.5 Å². The standard InChI is InChI=1S/C32H29N3O4S/c1-20(2)25-13-11-21(3)17-29(25)39-16-15-35-31(37)30(40-32(35)38)19-23-18-24(12-14-28(23)36)33-34-27-10-6-8-22-7-4-5-9-26(22)27/h4-14,17-20,36H,15-16H2,1-3H3/b30-19-,34-33?. The number of carbonyl (C=O) groups is 2. The van der Waals surface area contributed by atoms with Crippen molar-refractivity contribution in [3.05, 3.63) is 100 Å². The van der Waals surface area contributed by atoms with Crippen molar-refractivity contribution in [2.45, 2.75) is 26.7 Å². The zero-order valence-corrected chi connectivity index (χ0v) is 23.3. The Morgan fingerprint density at radius 3 is 2.60 bits per heavy atom. The Morgan fingerprint density at radius 1 is 0.975 bits per heavy atom. The van der Waals surface area contributed by atoms with Crippen molar-refractivity contribution in [3.8, 4) is 11.5 Å². The zero-order chi connectivity index (χ0) is 28.2. The van der Waals surface area contributed by atoms with Gasteiger partial charge in [0.2, 0.25) is 0 Å². The Balaban J connectivity index is 1.30. The third kappa shape index (κ3) is 5.92. The highest BCUT2D eigenvalue weighted by molar-refractivity contribution is 8.18. The largest absolute Gasteiger partial charge is 0.507 e. The van der Waals surface area contributed by atoms with Crippen LogP contribution >= 0.6 is 11.8 Å². The first-order valence-electron chi connectivity index (χ1n) is 13.0. The van der Waals surface area contributed by atoms with E-state index in [9.17, 15) is 14.7 Å². The number of aryl methyl sites for hydroxylation is 1. The first-order chi connectivity index (χ1) is 19.3. The molecule has 1 saturated heterocycles. The Labute approximate surface area is 237 Å². The Bertz CT molecular complexity index is 1660. The summed E-state index contributed by atoms with van der Waals surface area (Å²) in [5, 5.41) is 20.9. The molecular formula is C32H29N3O4S. The maximum atomic E-state index is 13.1. The SMILES string of the molecule is Cc1ccc(C(C)C)c(OCCN2C(=O)S/C(=C\c3cc(N=Nc4cccc5ccccc45)ccc3O)C2=O)c1. The molecule has 7 nitrogen and oxygen atoms in total. The summed E-state index contributed by atoms with van der Waals surface area (Å²) in [7, 11) is 0. The van der Waals surface area contributed by atoms with E-state index in [4.69, 9.17) is 4.74 Å². The average Bonchev–Trinajstić information content (AvgIpc) is 3.20. The lowest BCUT2D eigenvalue weighted by molar-refractivity contribution is -0.123. The molecule has 2 amide bonds. The second-order valence-electron chi connectivity index (χ2n) is 9.82. The van der Waals surface area contributed by atoms with Crippen LogP contribution in [0.15, 0.2) is 94.0 Å². The van der Waals surface area contributed by atoms with E-state index in [1.807, 2.05) is 67.6 Å². The molecule has 5 rings (SSSR count). The molecule has 1 aliphatic heterocycles. The predicted molar refractivity (Wildman–Crippen MR) is 160 cm³/mol. The minimum atomic E-state index is -0.422. The van der Waals surface area contributed by atoms with Crippen LogP contribution in [0.3, 0.4) is 0 Å². The Hall–Kier alpha value is -4.43. The highest BCUT2D eigenvalue weighted by Gasteiger charge is 2.35. The monoisotopic (exact) mass is 551 g/mol. The number of imide groups is 1. The number of amides is 2. The molecule has 0 atom stereocenters. The summed E-state index contributed by atoms with van der Waals surface area (Å²) in [6, 6.07) is 24.5. The first kappa shape index (κ1) is 27.1. The van der Waals surface area contributed by atoms with Crippen molar-refractivity contribution < 1.29 is 19.4 Å². The number of rotatable bonds is 8. The summed E-state index contributed by atoms with van der Waals surface area (Å²) in [5.41, 5.74) is 3.75. The summed E-state index contributed by atoms with van der Waals surface area (Å²) in [6.45, 7) is 6.48. The van der Waals surface area contributed by atoms with Crippen molar-refractivity contribution in [2.75, 3.05) is 13.2 Å². The number of phenolic OH excluding ortho intramolecular Hbond substituents is 1. The molecule has 4 aromatic carbocycles. The van der Waals surface area contributed by atoms with Crippen LogP contribution in [0.25, 0.3) is 16.8 Å². The van der Waals surface area contributed by atoms with Gasteiger partial charge in [-0.2, -0.15) is 5.11 Å². The van der Waals surface area contributed by atoms with Gasteiger partial charge in [0.15, 0.2) is 0 Å². The third-order valence-electron chi connectivity index (χ3n) is 6.57. The number of hydrogen-bond acceptors (Lipinski definition) is 7. The van der Waals surface area contributed by atoms with Crippen LogP contribution in [0.2, 0.25) is 0 Å². The molecule has 0 aliphatic carbocycles. The van der Waals surface area contributed by atoms with E-state index in [1.165, 1.54) is 17.0 Å². The van der Waals surface area contributed by atoms with Crippen LogP contribution in [0, 0.1) is 6.92 Å². The van der Waals surface area contributed by atoms with Crippen LogP contribution in [0.1, 0.15) is 36.5 Å². The molecular weight excluding hydrogens is 522 g/mol. The lowest BCUT2D eigenvalue weighted by Gasteiger charge is -2.17. The summed E-state index contributed by atoms with van der Waals surface area (Å²) < 4.78 is 5.98. The van der Waals surface area contributed by atoms with Crippen LogP contribution in [0.4, 0.5) is 16.2 Å². The fraction of sp³-hybridized carbons (Fsp3) is 0.188. The number of azo groups is 1. The normalized spacial score (nSPS) is 14.8. The van der Waals surface area contributed by atoms with E-state index in [0.29, 0.717) is 11.3 Å². The summed E-state index contributed by atoms with van der Waals surface area (Å²) >= 11 is 0.837. The highest BCUT2D eigenvalue weighted by Crippen LogP contribution is 2.36. The molecule has 1 heterocycles. The van der Waals surface area contributed by atoms with Crippen molar-refractivity contribution in [1.29, 1.82) is 0 Å². The number of aromatic hydroxyl groups is 1. The highest BCUT2D eigenvalue weighted by atomic mass is 32.2. The number of ether oxygens (including phenoxy) is 1. The zero-order valence-electron chi connectivity index (χ0n) is 22.5. The van der Waals surface area contributed by atoms with Crippen molar-refractivity contribution in [1.82, 2.24) is 4.90 Å². The van der Waals surface area contributed by atoms with Crippen LogP contribution in [-0.4, -0.2) is 34.3 Å². The first-order valence-corrected chi connectivity index (χ1v) is 13.8. The number of fused-ring (bicyclic) bond motifs is 1. The van der Waals surface area contributed by atoms with Crippen molar-refractivity contribution in [2.24, 2.45) is 10.2 Å². The molecule has 4 aromatic rings. The Morgan fingerprint density at radius 2 is 1.77 bits per heavy atom. The minimum Gasteiger partial charge on any atom is -0.507 e. The number of phenols is 1. The average molecular weight is 552 g/mol. The van der Waals surface area contributed by atoms with E-state index in [2.05, 4.69) is 24.1 Å². The number of hydrogen-bond donors (Lipinski definition) is 1. The molecule has 0 radical (unpaired) electrons. The molecule has 40 heavy (non-hydrogen) atoms. The number of thioether (sulfide) groups is 1. The molecule has 0 aromatic heterocycles. The van der Waals surface area contributed by atoms with E-state index in [-0.39, 0.29) is 35.0 Å². The fourth-order valence-corrected chi connectivity index (χ4v) is 5.31. The Kier molecular flexibility index (Phi) is 7.98. The summed E-state index contributed by atoms with van der Waals surface area (Å²) in [6.07, 6.45) is 1.51. The van der Waals surface area contributed by atoms with Crippen molar-refractivity contribution >= 4 is 51.1 Å². The quantitative estimate of drug-likeness (QED) is 0.175. The van der Waals surface area contributed by atoms with Gasteiger partial charge >= 0.3 is 0 Å². The van der Waals surface area contributed by atoms with Gasteiger partial charge in [0.05, 0.1) is 22.8 Å². The molecule has 1 aliphatic rings. The van der Waals surface area contributed by atoms with Gasteiger partial charge in [-0.25, -0.2) is 0 Å². The third-order valence-corrected chi connectivity index (χ3v) is 7.48. The van der Waals surface area contributed by atoms with Crippen LogP contribution < -0.4 is 4.74 Å². The number of nitrogens with zero attached hydrogens (tertiary/aromatic N) is 3. The van der Waals surface area contributed by atoms with Gasteiger partial charge in [-0.05, 0) is 77.5 Å². The molecule has 202 valence electrons. The smallest absolute Gasteiger partial charge is 0.293 e. The number of benzene rings is 4. The maximum Gasteiger partial charge on any atom is 0.293 e. The van der Waals surface area contributed by atoms with Gasteiger partial charge in [-0.1, -0.05) is 62.4 Å². The van der Waals surface area contributed by atoms with E-state index in [0.717, 1.165) is 45.1 Å². The van der Waals surface area contributed by atoms with Gasteiger partial charge in [-0.3, -0.25) is 14.5 Å². The van der Waals surface area contributed by atoms with Crippen LogP contribution in [-0.2, 0) is 4.79 Å². The van der Waals surface area contributed by atoms with Gasteiger partial charge < -0.3 is 9.84 Å². The maximum absolute atomic E-state index is 13.1. The molecule has 1 fully saturated rings. The molecule has 0 bridgehead atoms. The van der Waals surface area contributed by atoms with Crippen molar-refractivity contribution in [3.63, 3.8) is 0 Å². The molecule has 1 N–H and O–H groups in total. The molecule has 0 spiro atoms. The van der Waals surface area contributed by atoms with Gasteiger partial charge in [-0.15, -0.1) is 5.11 Å². The lowest BCUT2D eigenvalue weighted by Crippen LogP contribution is -2.32. The fourth-order valence-electron chi connectivity index (χ4n) is 4.45. The van der Waals surface area contributed by atoms with E-state index < -0.39 is 5.91 Å². The summed E-state index contributed by atoms with van der Waals surface area (Å²) in [5.74, 6) is 0.594. The second kappa shape index (κ2) is 11.8. The van der Waals surface area contributed by atoms with E-state index in [1.54, 1.807) is 12.1 Å². The minimum absolute atomic E-state index is 0.0279. The lowest BCUT2D eigenvalue weighted by atomic mass is 10.0. The van der Waals surface area contributed by atoms with Gasteiger partial charge in [0.1, 0.15) is 18.1 Å². The predicted octanol–water partition coefficient (Wildman–Crippen LogP) is 8.51.